The lowest BCUT2D eigenvalue weighted by Gasteiger charge is -2.15. The molecule has 3 nitrogen and oxygen atoms in total. The summed E-state index contributed by atoms with van der Waals surface area (Å²) < 4.78 is 5.82. The minimum absolute atomic E-state index is 0.768. The summed E-state index contributed by atoms with van der Waals surface area (Å²) in [6.07, 6.45) is 0. The number of nitrogens with zero attached hydrogens (tertiary/aromatic N) is 1. The van der Waals surface area contributed by atoms with E-state index in [0.29, 0.717) is 0 Å². The highest BCUT2D eigenvalue weighted by Crippen LogP contribution is 2.22. The summed E-state index contributed by atoms with van der Waals surface area (Å²) in [6, 6.07) is 4.04. The average Bonchev–Trinajstić information content (AvgIpc) is 2.63. The van der Waals surface area contributed by atoms with Gasteiger partial charge in [-0.2, -0.15) is 0 Å². The molecule has 0 unspecified atom stereocenters. The Labute approximate surface area is 106 Å². The van der Waals surface area contributed by atoms with Crippen molar-refractivity contribution in [1.29, 1.82) is 0 Å². The Morgan fingerprint density at radius 1 is 1.44 bits per heavy atom. The first-order valence-electron chi connectivity index (χ1n) is 5.35. The van der Waals surface area contributed by atoms with Gasteiger partial charge in [0, 0.05) is 38.2 Å². The predicted octanol–water partition coefficient (Wildman–Crippen LogP) is 2.07. The van der Waals surface area contributed by atoms with Crippen LogP contribution >= 0.6 is 22.9 Å². The molecule has 0 amide bonds. The van der Waals surface area contributed by atoms with E-state index in [4.69, 9.17) is 16.3 Å². The minimum atomic E-state index is 0.768. The zero-order valence-corrected chi connectivity index (χ0v) is 11.4. The van der Waals surface area contributed by atoms with Gasteiger partial charge in [-0.05, 0) is 19.2 Å². The standard InChI is InChI=1S/C11H19ClN2OS/c1-14(7-5-13-6-8-15-2)9-10-3-4-11(12)16-10/h3-4,13H,5-9H2,1-2H3. The summed E-state index contributed by atoms with van der Waals surface area (Å²) in [4.78, 5) is 3.59. The van der Waals surface area contributed by atoms with Crippen LogP contribution in [0.25, 0.3) is 0 Å². The zero-order chi connectivity index (χ0) is 11.8. The number of hydrogen-bond acceptors (Lipinski definition) is 4. The third-order valence-corrected chi connectivity index (χ3v) is 3.42. The van der Waals surface area contributed by atoms with Gasteiger partial charge in [0.25, 0.3) is 0 Å². The first-order chi connectivity index (χ1) is 7.72. The van der Waals surface area contributed by atoms with Crippen LogP contribution in [-0.4, -0.2) is 45.3 Å². The van der Waals surface area contributed by atoms with E-state index in [2.05, 4.69) is 23.3 Å². The second-order valence-corrected chi connectivity index (χ2v) is 5.49. The lowest BCUT2D eigenvalue weighted by molar-refractivity contribution is 0.197. The zero-order valence-electron chi connectivity index (χ0n) is 9.83. The van der Waals surface area contributed by atoms with Gasteiger partial charge in [0.2, 0.25) is 0 Å². The van der Waals surface area contributed by atoms with Crippen LogP contribution < -0.4 is 5.32 Å². The fraction of sp³-hybridized carbons (Fsp3) is 0.636. The first kappa shape index (κ1) is 13.9. The molecule has 5 heteroatoms. The highest BCUT2D eigenvalue weighted by molar-refractivity contribution is 7.16. The van der Waals surface area contributed by atoms with E-state index in [1.807, 2.05) is 6.07 Å². The van der Waals surface area contributed by atoms with Crippen molar-refractivity contribution in [3.63, 3.8) is 0 Å². The summed E-state index contributed by atoms with van der Waals surface area (Å²) in [7, 11) is 3.83. The molecule has 0 radical (unpaired) electrons. The lowest BCUT2D eigenvalue weighted by atomic mass is 10.4. The Morgan fingerprint density at radius 2 is 2.25 bits per heavy atom. The molecule has 0 aliphatic heterocycles. The summed E-state index contributed by atoms with van der Waals surface area (Å²) >= 11 is 7.53. The normalized spacial score (nSPS) is 11.2. The molecule has 0 saturated heterocycles. The maximum absolute atomic E-state index is 5.88. The summed E-state index contributed by atoms with van der Waals surface area (Å²) in [5.74, 6) is 0. The quantitative estimate of drug-likeness (QED) is 0.726. The number of hydrogen-bond donors (Lipinski definition) is 1. The molecule has 0 aliphatic carbocycles. The molecule has 1 aromatic heterocycles. The Morgan fingerprint density at radius 3 is 2.88 bits per heavy atom. The van der Waals surface area contributed by atoms with Gasteiger partial charge in [-0.25, -0.2) is 0 Å². The third kappa shape index (κ3) is 5.82. The third-order valence-electron chi connectivity index (χ3n) is 2.21. The minimum Gasteiger partial charge on any atom is -0.383 e. The van der Waals surface area contributed by atoms with Gasteiger partial charge in [0.1, 0.15) is 0 Å². The Balaban J connectivity index is 2.09. The van der Waals surface area contributed by atoms with Crippen molar-refractivity contribution in [2.45, 2.75) is 6.54 Å². The van der Waals surface area contributed by atoms with Gasteiger partial charge < -0.3 is 15.0 Å². The van der Waals surface area contributed by atoms with Crippen molar-refractivity contribution in [3.8, 4) is 0 Å². The van der Waals surface area contributed by atoms with Crippen molar-refractivity contribution in [2.75, 3.05) is 40.4 Å². The molecular formula is C11H19ClN2OS. The number of nitrogens with one attached hydrogen (secondary N) is 1. The molecule has 1 heterocycles. The van der Waals surface area contributed by atoms with E-state index in [1.165, 1.54) is 4.88 Å². The van der Waals surface area contributed by atoms with Crippen molar-refractivity contribution in [2.24, 2.45) is 0 Å². The monoisotopic (exact) mass is 262 g/mol. The van der Waals surface area contributed by atoms with Crippen LogP contribution in [0.4, 0.5) is 0 Å². The van der Waals surface area contributed by atoms with Gasteiger partial charge in [0.15, 0.2) is 0 Å². The fourth-order valence-corrected chi connectivity index (χ4v) is 2.52. The fourth-order valence-electron chi connectivity index (χ4n) is 1.35. The molecule has 0 atom stereocenters. The number of methoxy groups -OCH3 is 1. The van der Waals surface area contributed by atoms with Crippen LogP contribution in [0.15, 0.2) is 12.1 Å². The summed E-state index contributed by atoms with van der Waals surface area (Å²) in [5.41, 5.74) is 0. The molecule has 0 spiro atoms. The first-order valence-corrected chi connectivity index (χ1v) is 6.54. The van der Waals surface area contributed by atoms with Crippen molar-refractivity contribution in [1.82, 2.24) is 10.2 Å². The number of likely N-dealkylation sites (N-methyl/N-ethyl adjacent to an activating group) is 1. The Hall–Kier alpha value is -0.130. The Kier molecular flexibility index (Phi) is 7.00. The molecule has 0 aromatic carbocycles. The van der Waals surface area contributed by atoms with E-state index in [-0.39, 0.29) is 0 Å². The number of halogens is 1. The van der Waals surface area contributed by atoms with Gasteiger partial charge in [0.05, 0.1) is 10.9 Å². The highest BCUT2D eigenvalue weighted by Gasteiger charge is 2.02. The topological polar surface area (TPSA) is 24.5 Å². The maximum Gasteiger partial charge on any atom is 0.0931 e. The van der Waals surface area contributed by atoms with Crippen molar-refractivity contribution in [3.05, 3.63) is 21.3 Å². The van der Waals surface area contributed by atoms with E-state index >= 15 is 0 Å². The summed E-state index contributed by atoms with van der Waals surface area (Å²) in [5, 5.41) is 3.32. The Bertz CT molecular complexity index is 293. The van der Waals surface area contributed by atoms with Crippen LogP contribution in [0.5, 0.6) is 0 Å². The smallest absolute Gasteiger partial charge is 0.0931 e. The number of rotatable bonds is 8. The molecule has 0 saturated carbocycles. The van der Waals surface area contributed by atoms with E-state index in [9.17, 15) is 0 Å². The second kappa shape index (κ2) is 8.03. The van der Waals surface area contributed by atoms with Crippen LogP contribution in [0.3, 0.4) is 0 Å². The maximum atomic E-state index is 5.88. The number of thiophene rings is 1. The van der Waals surface area contributed by atoms with Crippen LogP contribution in [-0.2, 0) is 11.3 Å². The molecule has 1 aromatic rings. The SMILES string of the molecule is COCCNCCN(C)Cc1ccc(Cl)s1. The van der Waals surface area contributed by atoms with Crippen LogP contribution in [0.2, 0.25) is 4.34 Å². The molecule has 0 aliphatic rings. The largest absolute Gasteiger partial charge is 0.383 e. The predicted molar refractivity (Wildman–Crippen MR) is 70.4 cm³/mol. The molecular weight excluding hydrogens is 244 g/mol. The molecule has 92 valence electrons. The van der Waals surface area contributed by atoms with E-state index in [0.717, 1.165) is 37.1 Å². The van der Waals surface area contributed by atoms with Gasteiger partial charge >= 0.3 is 0 Å². The number of ether oxygens (including phenoxy) is 1. The molecule has 0 bridgehead atoms. The van der Waals surface area contributed by atoms with Gasteiger partial charge in [-0.15, -0.1) is 11.3 Å². The van der Waals surface area contributed by atoms with Crippen molar-refractivity contribution >= 4 is 22.9 Å². The van der Waals surface area contributed by atoms with E-state index < -0.39 is 0 Å². The molecule has 1 N–H and O–H groups in total. The molecule has 16 heavy (non-hydrogen) atoms. The van der Waals surface area contributed by atoms with Gasteiger partial charge in [-0.3, -0.25) is 0 Å². The molecule has 1 rings (SSSR count). The average molecular weight is 263 g/mol. The van der Waals surface area contributed by atoms with E-state index in [1.54, 1.807) is 18.4 Å². The second-order valence-electron chi connectivity index (χ2n) is 3.69. The van der Waals surface area contributed by atoms with Crippen LogP contribution in [0, 0.1) is 0 Å². The lowest BCUT2D eigenvalue weighted by Crippen LogP contribution is -2.30. The van der Waals surface area contributed by atoms with Crippen molar-refractivity contribution < 1.29 is 4.74 Å². The summed E-state index contributed by atoms with van der Waals surface area (Å²) in [6.45, 7) is 4.65. The highest BCUT2D eigenvalue weighted by atomic mass is 35.5. The van der Waals surface area contributed by atoms with Crippen LogP contribution in [0.1, 0.15) is 4.88 Å². The molecule has 0 fully saturated rings. The van der Waals surface area contributed by atoms with Gasteiger partial charge in [-0.1, -0.05) is 11.6 Å².